The van der Waals surface area contributed by atoms with Gasteiger partial charge in [-0.15, -0.1) is 0 Å². The van der Waals surface area contributed by atoms with Crippen LogP contribution in [-0.4, -0.2) is 22.9 Å². The molecule has 88 valence electrons. The summed E-state index contributed by atoms with van der Waals surface area (Å²) in [7, 11) is 0.303. The Balaban J connectivity index is 2.69. The molecule has 0 spiro atoms. The Morgan fingerprint density at radius 2 is 2.19 bits per heavy atom. The maximum atomic E-state index is 11.8. The van der Waals surface area contributed by atoms with Crippen molar-refractivity contribution >= 4 is 16.6 Å². The molecule has 3 nitrogen and oxygen atoms in total. The number of methoxy groups -OCH3 is 1. The molecule has 0 bridgehead atoms. The Morgan fingerprint density at radius 1 is 1.44 bits per heavy atom. The fraction of sp³-hybridized carbons (Fsp3) is 0.417. The third-order valence-corrected chi connectivity index (χ3v) is 3.49. The Hall–Kier alpha value is -1.16. The van der Waals surface area contributed by atoms with Crippen LogP contribution in [0.5, 0.6) is 5.75 Å². The summed E-state index contributed by atoms with van der Waals surface area (Å²) in [6, 6.07) is 7.01. The largest absolute Gasteiger partial charge is 0.497 e. The summed E-state index contributed by atoms with van der Waals surface area (Å²) in [6.45, 7) is 1.94. The van der Waals surface area contributed by atoms with Gasteiger partial charge in [0, 0.05) is 11.3 Å². The SMILES string of the molecule is CCCC(=O)CS(=O)c1cccc(OC)c1. The Morgan fingerprint density at radius 3 is 2.81 bits per heavy atom. The predicted molar refractivity (Wildman–Crippen MR) is 64.2 cm³/mol. The number of Topliss-reactive ketones (excluding diaryl/α,β-unsaturated/α-hetero) is 1. The number of benzene rings is 1. The highest BCUT2D eigenvalue weighted by molar-refractivity contribution is 7.85. The van der Waals surface area contributed by atoms with E-state index in [2.05, 4.69) is 0 Å². The zero-order valence-corrected chi connectivity index (χ0v) is 10.4. The molecule has 4 heteroatoms. The van der Waals surface area contributed by atoms with Crippen LogP contribution in [0.3, 0.4) is 0 Å². The lowest BCUT2D eigenvalue weighted by atomic mass is 10.3. The minimum absolute atomic E-state index is 0.0450. The molecule has 0 fully saturated rings. The summed E-state index contributed by atoms with van der Waals surface area (Å²) in [4.78, 5) is 12.0. The molecule has 0 saturated heterocycles. The molecule has 1 rings (SSSR count). The molecule has 0 aromatic heterocycles. The summed E-state index contributed by atoms with van der Waals surface area (Å²) in [5.74, 6) is 0.804. The topological polar surface area (TPSA) is 43.4 Å². The van der Waals surface area contributed by atoms with Crippen molar-refractivity contribution in [1.29, 1.82) is 0 Å². The van der Waals surface area contributed by atoms with Crippen LogP contribution in [0, 0.1) is 0 Å². The van der Waals surface area contributed by atoms with E-state index in [0.29, 0.717) is 17.1 Å². The Labute approximate surface area is 98.3 Å². The quantitative estimate of drug-likeness (QED) is 0.765. The smallest absolute Gasteiger partial charge is 0.145 e. The molecule has 0 aliphatic heterocycles. The van der Waals surface area contributed by atoms with Gasteiger partial charge in [-0.1, -0.05) is 13.0 Å². The molecule has 1 atom stereocenters. The van der Waals surface area contributed by atoms with Crippen molar-refractivity contribution in [1.82, 2.24) is 0 Å². The first kappa shape index (κ1) is 12.9. The molecule has 0 amide bonds. The number of ether oxygens (including phenoxy) is 1. The number of hydrogen-bond donors (Lipinski definition) is 0. The Kier molecular flexibility index (Phi) is 5.19. The van der Waals surface area contributed by atoms with E-state index < -0.39 is 10.8 Å². The first-order valence-corrected chi connectivity index (χ1v) is 6.53. The lowest BCUT2D eigenvalue weighted by molar-refractivity contribution is -0.116. The Bertz CT molecular complexity index is 388. The summed E-state index contributed by atoms with van der Waals surface area (Å²) >= 11 is 0. The molecular formula is C12H16O3S. The first-order chi connectivity index (χ1) is 7.67. The van der Waals surface area contributed by atoms with Crippen LogP contribution in [-0.2, 0) is 15.6 Å². The molecule has 0 saturated carbocycles. The van der Waals surface area contributed by atoms with Gasteiger partial charge in [0.05, 0.1) is 23.7 Å². The molecule has 0 N–H and O–H groups in total. The summed E-state index contributed by atoms with van der Waals surface area (Å²) in [5.41, 5.74) is 0. The van der Waals surface area contributed by atoms with E-state index in [-0.39, 0.29) is 11.5 Å². The van der Waals surface area contributed by atoms with Crippen molar-refractivity contribution < 1.29 is 13.7 Å². The molecule has 0 aliphatic rings. The van der Waals surface area contributed by atoms with Crippen molar-refractivity contribution in [3.63, 3.8) is 0 Å². The van der Waals surface area contributed by atoms with Gasteiger partial charge in [0.25, 0.3) is 0 Å². The van der Waals surface area contributed by atoms with E-state index in [1.165, 1.54) is 0 Å². The summed E-state index contributed by atoms with van der Waals surface area (Å²) in [6.07, 6.45) is 1.30. The highest BCUT2D eigenvalue weighted by Gasteiger charge is 2.09. The van der Waals surface area contributed by atoms with Crippen molar-refractivity contribution in [2.45, 2.75) is 24.7 Å². The molecule has 1 aromatic carbocycles. The highest BCUT2D eigenvalue weighted by Crippen LogP contribution is 2.16. The summed E-state index contributed by atoms with van der Waals surface area (Å²) < 4.78 is 16.9. The minimum Gasteiger partial charge on any atom is -0.497 e. The van der Waals surface area contributed by atoms with Crippen LogP contribution in [0.2, 0.25) is 0 Å². The van der Waals surface area contributed by atoms with Gasteiger partial charge in [-0.2, -0.15) is 0 Å². The van der Waals surface area contributed by atoms with Crippen LogP contribution in [0.4, 0.5) is 0 Å². The first-order valence-electron chi connectivity index (χ1n) is 5.21. The van der Waals surface area contributed by atoms with E-state index in [0.717, 1.165) is 6.42 Å². The lowest BCUT2D eigenvalue weighted by Gasteiger charge is -2.04. The highest BCUT2D eigenvalue weighted by atomic mass is 32.2. The average Bonchev–Trinajstić information content (AvgIpc) is 2.29. The third kappa shape index (κ3) is 3.77. The van der Waals surface area contributed by atoms with Crippen LogP contribution in [0.15, 0.2) is 29.2 Å². The minimum atomic E-state index is -1.26. The second-order valence-corrected chi connectivity index (χ2v) is 4.91. The van der Waals surface area contributed by atoms with E-state index in [4.69, 9.17) is 4.74 Å². The van der Waals surface area contributed by atoms with E-state index in [9.17, 15) is 9.00 Å². The van der Waals surface area contributed by atoms with Gasteiger partial charge in [0.2, 0.25) is 0 Å². The zero-order valence-electron chi connectivity index (χ0n) is 9.56. The van der Waals surface area contributed by atoms with E-state index in [1.807, 2.05) is 6.92 Å². The molecular weight excluding hydrogens is 224 g/mol. The van der Waals surface area contributed by atoms with Crippen LogP contribution in [0.1, 0.15) is 19.8 Å². The fourth-order valence-electron chi connectivity index (χ4n) is 1.32. The van der Waals surface area contributed by atoms with Gasteiger partial charge in [-0.05, 0) is 24.6 Å². The van der Waals surface area contributed by atoms with Crippen molar-refractivity contribution in [3.8, 4) is 5.75 Å². The predicted octanol–water partition coefficient (Wildman–Crippen LogP) is 2.17. The van der Waals surface area contributed by atoms with Gasteiger partial charge in [0.15, 0.2) is 0 Å². The number of carbonyl (C=O) groups is 1. The van der Waals surface area contributed by atoms with Gasteiger partial charge in [-0.25, -0.2) is 0 Å². The number of rotatable bonds is 6. The molecule has 0 heterocycles. The number of ketones is 1. The maximum Gasteiger partial charge on any atom is 0.145 e. The molecule has 0 aliphatic carbocycles. The molecule has 1 unspecified atom stereocenters. The van der Waals surface area contributed by atoms with Crippen molar-refractivity contribution in [2.24, 2.45) is 0 Å². The van der Waals surface area contributed by atoms with Crippen molar-refractivity contribution in [3.05, 3.63) is 24.3 Å². The number of carbonyl (C=O) groups excluding carboxylic acids is 1. The normalized spacial score (nSPS) is 12.1. The number of hydrogen-bond acceptors (Lipinski definition) is 3. The van der Waals surface area contributed by atoms with E-state index in [1.54, 1.807) is 31.4 Å². The average molecular weight is 240 g/mol. The van der Waals surface area contributed by atoms with Gasteiger partial charge in [0.1, 0.15) is 11.5 Å². The maximum absolute atomic E-state index is 11.8. The van der Waals surface area contributed by atoms with Gasteiger partial charge < -0.3 is 4.74 Å². The standard InChI is InChI=1S/C12H16O3S/c1-3-5-10(13)9-16(14)12-7-4-6-11(8-12)15-2/h4,6-8H,3,5,9H2,1-2H3. The van der Waals surface area contributed by atoms with Crippen LogP contribution < -0.4 is 4.74 Å². The van der Waals surface area contributed by atoms with Gasteiger partial charge in [-0.3, -0.25) is 9.00 Å². The van der Waals surface area contributed by atoms with E-state index >= 15 is 0 Å². The molecule has 16 heavy (non-hydrogen) atoms. The van der Waals surface area contributed by atoms with Crippen LogP contribution >= 0.6 is 0 Å². The molecule has 1 aromatic rings. The zero-order chi connectivity index (χ0) is 12.0. The second-order valence-electron chi connectivity index (χ2n) is 3.46. The molecule has 0 radical (unpaired) electrons. The monoisotopic (exact) mass is 240 g/mol. The lowest BCUT2D eigenvalue weighted by Crippen LogP contribution is -2.10. The third-order valence-electron chi connectivity index (χ3n) is 2.13. The van der Waals surface area contributed by atoms with Crippen LogP contribution in [0.25, 0.3) is 0 Å². The second kappa shape index (κ2) is 6.43. The van der Waals surface area contributed by atoms with Crippen molar-refractivity contribution in [2.75, 3.05) is 12.9 Å². The fourth-order valence-corrected chi connectivity index (χ4v) is 2.40. The summed E-state index contributed by atoms with van der Waals surface area (Å²) in [5, 5.41) is 0. The van der Waals surface area contributed by atoms with Gasteiger partial charge >= 0.3 is 0 Å².